The zero-order chi connectivity index (χ0) is 14.5. The van der Waals surface area contributed by atoms with Crippen LogP contribution in [-0.2, 0) is 0 Å². The van der Waals surface area contributed by atoms with Crippen LogP contribution < -0.4 is 4.74 Å². The molecule has 2 nitrogen and oxygen atoms in total. The topological polar surface area (TPSA) is 26.3 Å². The highest BCUT2D eigenvalue weighted by molar-refractivity contribution is 8.00. The van der Waals surface area contributed by atoms with Crippen LogP contribution in [0.1, 0.15) is 10.4 Å². The summed E-state index contributed by atoms with van der Waals surface area (Å²) in [5, 5.41) is 0.781. The van der Waals surface area contributed by atoms with Gasteiger partial charge in [-0.3, -0.25) is 4.79 Å². The Morgan fingerprint density at radius 2 is 1.80 bits per heavy atom. The molecule has 20 heavy (non-hydrogen) atoms. The zero-order valence-corrected chi connectivity index (χ0v) is 13.1. The van der Waals surface area contributed by atoms with Crippen LogP contribution in [0.4, 0.5) is 0 Å². The van der Waals surface area contributed by atoms with Gasteiger partial charge in [-0.2, -0.15) is 0 Å². The summed E-state index contributed by atoms with van der Waals surface area (Å²) in [6, 6.07) is 12.7. The smallest absolute Gasteiger partial charge is 0.173 e. The van der Waals surface area contributed by atoms with Gasteiger partial charge in [0.05, 0.1) is 17.9 Å². The van der Waals surface area contributed by atoms with Crippen LogP contribution in [0.5, 0.6) is 5.75 Å². The molecule has 0 aromatic heterocycles. The summed E-state index contributed by atoms with van der Waals surface area (Å²) in [5.74, 6) is 0.890. The molecule has 0 atom stereocenters. The van der Waals surface area contributed by atoms with Crippen molar-refractivity contribution in [3.8, 4) is 5.75 Å². The summed E-state index contributed by atoms with van der Waals surface area (Å²) in [6.45, 7) is 0. The standard InChI is InChI=1S/C15H12Cl2O2S/c1-19-12-7-8-13(15(17)14(12)16)20-9-11(18)10-5-3-2-4-6-10/h2-8H,9H2,1H3. The maximum absolute atomic E-state index is 12.0. The zero-order valence-electron chi connectivity index (χ0n) is 10.7. The predicted octanol–water partition coefficient (Wildman–Crippen LogP) is 4.98. The average molecular weight is 327 g/mol. The SMILES string of the molecule is COc1ccc(SCC(=O)c2ccccc2)c(Cl)c1Cl. The van der Waals surface area contributed by atoms with Crippen molar-refractivity contribution in [2.45, 2.75) is 4.90 Å². The van der Waals surface area contributed by atoms with E-state index in [-0.39, 0.29) is 5.78 Å². The van der Waals surface area contributed by atoms with E-state index >= 15 is 0 Å². The average Bonchev–Trinajstić information content (AvgIpc) is 2.49. The number of methoxy groups -OCH3 is 1. The van der Waals surface area contributed by atoms with Crippen molar-refractivity contribution in [2.75, 3.05) is 12.9 Å². The lowest BCUT2D eigenvalue weighted by Gasteiger charge is -2.09. The molecule has 0 aliphatic carbocycles. The summed E-state index contributed by atoms with van der Waals surface area (Å²) in [4.78, 5) is 12.8. The summed E-state index contributed by atoms with van der Waals surface area (Å²) >= 11 is 13.6. The van der Waals surface area contributed by atoms with Crippen molar-refractivity contribution in [2.24, 2.45) is 0 Å². The molecule has 0 unspecified atom stereocenters. The Kier molecular flexibility index (Phi) is 5.35. The second-order valence-corrected chi connectivity index (χ2v) is 5.74. The van der Waals surface area contributed by atoms with Crippen LogP contribution in [0.25, 0.3) is 0 Å². The van der Waals surface area contributed by atoms with Gasteiger partial charge in [-0.15, -0.1) is 11.8 Å². The van der Waals surface area contributed by atoms with Gasteiger partial charge in [0.15, 0.2) is 5.78 Å². The number of carbonyl (C=O) groups excluding carboxylic acids is 1. The molecule has 104 valence electrons. The minimum absolute atomic E-state index is 0.0543. The Hall–Kier alpha value is -1.16. The number of ketones is 1. The monoisotopic (exact) mass is 326 g/mol. The molecule has 0 saturated carbocycles. The van der Waals surface area contributed by atoms with E-state index in [1.807, 2.05) is 18.2 Å². The Morgan fingerprint density at radius 3 is 2.45 bits per heavy atom. The molecular formula is C15H12Cl2O2S. The molecule has 2 rings (SSSR count). The summed E-state index contributed by atoms with van der Waals surface area (Å²) in [5.41, 5.74) is 0.690. The molecule has 0 fully saturated rings. The van der Waals surface area contributed by atoms with E-state index in [0.29, 0.717) is 27.1 Å². The lowest BCUT2D eigenvalue weighted by Crippen LogP contribution is -2.01. The van der Waals surface area contributed by atoms with Crippen LogP contribution in [0.3, 0.4) is 0 Å². The fourth-order valence-corrected chi connectivity index (χ4v) is 3.10. The van der Waals surface area contributed by atoms with Gasteiger partial charge in [-0.25, -0.2) is 0 Å². The van der Waals surface area contributed by atoms with E-state index in [2.05, 4.69) is 0 Å². The first kappa shape index (κ1) is 15.2. The second kappa shape index (κ2) is 7.02. The van der Waals surface area contributed by atoms with Gasteiger partial charge in [0.1, 0.15) is 10.8 Å². The molecule has 2 aromatic carbocycles. The van der Waals surface area contributed by atoms with Gasteiger partial charge in [0.2, 0.25) is 0 Å². The Bertz CT molecular complexity index is 615. The fourth-order valence-electron chi connectivity index (χ4n) is 1.63. The molecule has 0 bridgehead atoms. The van der Waals surface area contributed by atoms with E-state index < -0.39 is 0 Å². The van der Waals surface area contributed by atoms with Crippen molar-refractivity contribution < 1.29 is 9.53 Å². The van der Waals surface area contributed by atoms with E-state index in [4.69, 9.17) is 27.9 Å². The first-order chi connectivity index (χ1) is 9.63. The number of rotatable bonds is 5. The Morgan fingerprint density at radius 1 is 1.10 bits per heavy atom. The molecule has 0 aliphatic heterocycles. The van der Waals surface area contributed by atoms with Gasteiger partial charge in [-0.1, -0.05) is 53.5 Å². The van der Waals surface area contributed by atoms with Gasteiger partial charge in [0.25, 0.3) is 0 Å². The molecule has 0 heterocycles. The van der Waals surface area contributed by atoms with E-state index in [9.17, 15) is 4.79 Å². The third-order valence-corrected chi connectivity index (χ3v) is 4.72. The molecule has 0 spiro atoms. The largest absolute Gasteiger partial charge is 0.495 e. The molecule has 2 aromatic rings. The van der Waals surface area contributed by atoms with Gasteiger partial charge < -0.3 is 4.74 Å². The molecule has 0 aliphatic rings. The van der Waals surface area contributed by atoms with Crippen LogP contribution >= 0.6 is 35.0 Å². The number of benzene rings is 2. The first-order valence-electron chi connectivity index (χ1n) is 5.86. The number of ether oxygens (including phenoxy) is 1. The van der Waals surface area contributed by atoms with Gasteiger partial charge in [0, 0.05) is 10.5 Å². The highest BCUT2D eigenvalue weighted by atomic mass is 35.5. The van der Waals surface area contributed by atoms with Crippen LogP contribution in [0.15, 0.2) is 47.4 Å². The molecule has 0 saturated heterocycles. The first-order valence-corrected chi connectivity index (χ1v) is 7.60. The Labute approximate surface area is 132 Å². The van der Waals surface area contributed by atoms with E-state index in [1.165, 1.54) is 18.9 Å². The van der Waals surface area contributed by atoms with Gasteiger partial charge in [-0.05, 0) is 12.1 Å². The lowest BCUT2D eigenvalue weighted by atomic mass is 10.2. The van der Waals surface area contributed by atoms with Crippen LogP contribution in [-0.4, -0.2) is 18.6 Å². The highest BCUT2D eigenvalue weighted by Gasteiger charge is 2.13. The van der Waals surface area contributed by atoms with Crippen LogP contribution in [0.2, 0.25) is 10.0 Å². The minimum Gasteiger partial charge on any atom is -0.495 e. The predicted molar refractivity (Wildman–Crippen MR) is 84.5 cm³/mol. The molecule has 0 radical (unpaired) electrons. The second-order valence-electron chi connectivity index (χ2n) is 3.97. The van der Waals surface area contributed by atoms with Crippen molar-refractivity contribution >= 4 is 40.7 Å². The molecular weight excluding hydrogens is 315 g/mol. The van der Waals surface area contributed by atoms with Crippen molar-refractivity contribution in [1.29, 1.82) is 0 Å². The lowest BCUT2D eigenvalue weighted by molar-refractivity contribution is 0.102. The Balaban J connectivity index is 2.08. The number of Topliss-reactive ketones (excluding diaryl/α,β-unsaturated/α-hetero) is 1. The van der Waals surface area contributed by atoms with E-state index in [0.717, 1.165) is 4.90 Å². The third kappa shape index (κ3) is 3.48. The molecule has 0 N–H and O–H groups in total. The maximum Gasteiger partial charge on any atom is 0.173 e. The van der Waals surface area contributed by atoms with E-state index in [1.54, 1.807) is 24.3 Å². The third-order valence-electron chi connectivity index (χ3n) is 2.69. The number of hydrogen-bond acceptors (Lipinski definition) is 3. The molecule has 0 amide bonds. The highest BCUT2D eigenvalue weighted by Crippen LogP contribution is 2.39. The molecule has 5 heteroatoms. The van der Waals surface area contributed by atoms with Crippen LogP contribution in [0, 0.1) is 0 Å². The summed E-state index contributed by atoms with van der Waals surface area (Å²) in [7, 11) is 1.53. The van der Waals surface area contributed by atoms with Crippen molar-refractivity contribution in [3.63, 3.8) is 0 Å². The summed E-state index contributed by atoms with van der Waals surface area (Å²) in [6.07, 6.45) is 0. The minimum atomic E-state index is 0.0543. The van der Waals surface area contributed by atoms with Crippen molar-refractivity contribution in [3.05, 3.63) is 58.1 Å². The number of halogens is 2. The maximum atomic E-state index is 12.0. The summed E-state index contributed by atoms with van der Waals surface area (Å²) < 4.78 is 5.08. The number of hydrogen-bond donors (Lipinski definition) is 0. The van der Waals surface area contributed by atoms with Gasteiger partial charge >= 0.3 is 0 Å². The fraction of sp³-hybridized carbons (Fsp3) is 0.133. The normalized spacial score (nSPS) is 10.3. The quantitative estimate of drug-likeness (QED) is 0.572. The number of carbonyl (C=O) groups is 1. The number of thioether (sulfide) groups is 1. The van der Waals surface area contributed by atoms with Crippen molar-refractivity contribution in [1.82, 2.24) is 0 Å².